The zero-order chi connectivity index (χ0) is 12.8. The third-order valence-electron chi connectivity index (χ3n) is 2.68. The normalized spacial score (nSPS) is 10.1. The molecule has 0 aromatic heterocycles. The fourth-order valence-corrected chi connectivity index (χ4v) is 1.55. The van der Waals surface area contributed by atoms with E-state index in [0.717, 1.165) is 29.7 Å². The SMILES string of the molecule is CCCCNC(=O)Nc1cc(N)c(C)cc1C. The first-order valence-electron chi connectivity index (χ1n) is 5.96. The Balaban J connectivity index is 2.62. The molecule has 0 fully saturated rings. The predicted octanol–water partition coefficient (Wildman–Crippen LogP) is 2.81. The van der Waals surface area contributed by atoms with Crippen LogP contribution in [-0.2, 0) is 0 Å². The molecular formula is C13H21N3O. The number of amides is 2. The minimum atomic E-state index is -0.176. The van der Waals surface area contributed by atoms with E-state index < -0.39 is 0 Å². The first-order valence-corrected chi connectivity index (χ1v) is 5.96. The molecule has 0 atom stereocenters. The Bertz CT molecular complexity index is 402. The van der Waals surface area contributed by atoms with Crippen molar-refractivity contribution in [1.29, 1.82) is 0 Å². The van der Waals surface area contributed by atoms with E-state index in [1.54, 1.807) is 6.07 Å². The van der Waals surface area contributed by atoms with Gasteiger partial charge in [-0.05, 0) is 37.5 Å². The van der Waals surface area contributed by atoms with Crippen molar-refractivity contribution in [3.05, 3.63) is 23.3 Å². The van der Waals surface area contributed by atoms with Gasteiger partial charge in [-0.15, -0.1) is 0 Å². The van der Waals surface area contributed by atoms with Crippen LogP contribution in [0.4, 0.5) is 16.2 Å². The van der Waals surface area contributed by atoms with E-state index in [1.807, 2.05) is 19.9 Å². The molecule has 4 heteroatoms. The highest BCUT2D eigenvalue weighted by molar-refractivity contribution is 5.90. The molecule has 0 aliphatic heterocycles. The molecule has 0 aliphatic carbocycles. The molecule has 0 aliphatic rings. The quantitative estimate of drug-likeness (QED) is 0.555. The van der Waals surface area contributed by atoms with Gasteiger partial charge in [-0.2, -0.15) is 0 Å². The van der Waals surface area contributed by atoms with Crippen molar-refractivity contribution in [3.63, 3.8) is 0 Å². The molecule has 0 bridgehead atoms. The summed E-state index contributed by atoms with van der Waals surface area (Å²) in [5, 5.41) is 5.61. The van der Waals surface area contributed by atoms with E-state index in [9.17, 15) is 4.79 Å². The average Bonchev–Trinajstić information content (AvgIpc) is 2.26. The van der Waals surface area contributed by atoms with E-state index in [-0.39, 0.29) is 6.03 Å². The van der Waals surface area contributed by atoms with Gasteiger partial charge in [-0.1, -0.05) is 19.4 Å². The standard InChI is InChI=1S/C13H21N3O/c1-4-5-6-15-13(17)16-12-8-11(14)9(2)7-10(12)3/h7-8H,4-6,14H2,1-3H3,(H2,15,16,17). The summed E-state index contributed by atoms with van der Waals surface area (Å²) in [5.41, 5.74) is 9.32. The number of nitrogens with one attached hydrogen (secondary N) is 2. The van der Waals surface area contributed by atoms with E-state index in [4.69, 9.17) is 5.73 Å². The highest BCUT2D eigenvalue weighted by Crippen LogP contribution is 2.21. The Morgan fingerprint density at radius 3 is 2.65 bits per heavy atom. The molecule has 2 amide bonds. The maximum atomic E-state index is 11.6. The van der Waals surface area contributed by atoms with Gasteiger partial charge in [0.05, 0.1) is 0 Å². The largest absolute Gasteiger partial charge is 0.398 e. The van der Waals surface area contributed by atoms with Crippen LogP contribution in [0.25, 0.3) is 0 Å². The van der Waals surface area contributed by atoms with Gasteiger partial charge in [-0.3, -0.25) is 0 Å². The number of nitrogens with two attached hydrogens (primary N) is 1. The second-order valence-electron chi connectivity index (χ2n) is 4.26. The van der Waals surface area contributed by atoms with Crippen LogP contribution in [0, 0.1) is 13.8 Å². The van der Waals surface area contributed by atoms with Crippen LogP contribution >= 0.6 is 0 Å². The van der Waals surface area contributed by atoms with Gasteiger partial charge >= 0.3 is 6.03 Å². The molecule has 94 valence electrons. The second-order valence-corrected chi connectivity index (χ2v) is 4.26. The lowest BCUT2D eigenvalue weighted by Crippen LogP contribution is -2.29. The average molecular weight is 235 g/mol. The summed E-state index contributed by atoms with van der Waals surface area (Å²) < 4.78 is 0. The summed E-state index contributed by atoms with van der Waals surface area (Å²) in [6.07, 6.45) is 2.05. The lowest BCUT2D eigenvalue weighted by Gasteiger charge is -2.11. The molecule has 0 saturated carbocycles. The first kappa shape index (κ1) is 13.4. The number of hydrogen-bond acceptors (Lipinski definition) is 2. The van der Waals surface area contributed by atoms with Gasteiger partial charge in [0.2, 0.25) is 0 Å². The van der Waals surface area contributed by atoms with Crippen molar-refractivity contribution in [1.82, 2.24) is 5.32 Å². The molecule has 0 heterocycles. The molecule has 17 heavy (non-hydrogen) atoms. The number of aryl methyl sites for hydroxylation is 2. The van der Waals surface area contributed by atoms with Gasteiger partial charge in [0, 0.05) is 17.9 Å². The molecule has 1 aromatic carbocycles. The number of rotatable bonds is 4. The lowest BCUT2D eigenvalue weighted by atomic mass is 10.1. The summed E-state index contributed by atoms with van der Waals surface area (Å²) >= 11 is 0. The molecular weight excluding hydrogens is 214 g/mol. The van der Waals surface area contributed by atoms with E-state index >= 15 is 0 Å². The predicted molar refractivity (Wildman–Crippen MR) is 72.3 cm³/mol. The van der Waals surface area contributed by atoms with Gasteiger partial charge < -0.3 is 16.4 Å². The minimum Gasteiger partial charge on any atom is -0.398 e. The van der Waals surface area contributed by atoms with Crippen molar-refractivity contribution in [3.8, 4) is 0 Å². The third kappa shape index (κ3) is 3.98. The monoisotopic (exact) mass is 235 g/mol. The summed E-state index contributed by atoms with van der Waals surface area (Å²) in [6.45, 7) is 6.69. The van der Waals surface area contributed by atoms with Gasteiger partial charge in [0.1, 0.15) is 0 Å². The molecule has 1 rings (SSSR count). The number of anilines is 2. The van der Waals surface area contributed by atoms with Crippen molar-refractivity contribution in [2.75, 3.05) is 17.6 Å². The summed E-state index contributed by atoms with van der Waals surface area (Å²) in [4.78, 5) is 11.6. The molecule has 4 N–H and O–H groups in total. The van der Waals surface area contributed by atoms with Crippen LogP contribution < -0.4 is 16.4 Å². The van der Waals surface area contributed by atoms with Crippen LogP contribution in [0.3, 0.4) is 0 Å². The third-order valence-corrected chi connectivity index (χ3v) is 2.68. The maximum absolute atomic E-state index is 11.6. The molecule has 0 unspecified atom stereocenters. The van der Waals surface area contributed by atoms with Crippen molar-refractivity contribution in [2.45, 2.75) is 33.6 Å². The minimum absolute atomic E-state index is 0.176. The van der Waals surface area contributed by atoms with Crippen LogP contribution in [0.5, 0.6) is 0 Å². The van der Waals surface area contributed by atoms with Crippen molar-refractivity contribution >= 4 is 17.4 Å². The fourth-order valence-electron chi connectivity index (χ4n) is 1.55. The lowest BCUT2D eigenvalue weighted by molar-refractivity contribution is 0.252. The molecule has 0 spiro atoms. The van der Waals surface area contributed by atoms with Crippen molar-refractivity contribution < 1.29 is 4.79 Å². The molecule has 1 aromatic rings. The van der Waals surface area contributed by atoms with Gasteiger partial charge in [0.15, 0.2) is 0 Å². The molecule has 0 radical (unpaired) electrons. The molecule has 4 nitrogen and oxygen atoms in total. The van der Waals surface area contributed by atoms with Crippen molar-refractivity contribution in [2.24, 2.45) is 0 Å². The number of unbranched alkanes of at least 4 members (excludes halogenated alkanes) is 1. The maximum Gasteiger partial charge on any atom is 0.319 e. The topological polar surface area (TPSA) is 67.2 Å². The number of urea groups is 1. The summed E-state index contributed by atoms with van der Waals surface area (Å²) in [6, 6.07) is 3.59. The Morgan fingerprint density at radius 1 is 1.29 bits per heavy atom. The summed E-state index contributed by atoms with van der Waals surface area (Å²) in [5.74, 6) is 0. The van der Waals surface area contributed by atoms with Gasteiger partial charge in [0.25, 0.3) is 0 Å². The Labute approximate surface area is 103 Å². The Kier molecular flexibility index (Phi) is 4.82. The highest BCUT2D eigenvalue weighted by atomic mass is 16.2. The second kappa shape index (κ2) is 6.13. The number of benzene rings is 1. The molecule has 0 saturated heterocycles. The smallest absolute Gasteiger partial charge is 0.319 e. The van der Waals surface area contributed by atoms with Crippen LogP contribution in [0.2, 0.25) is 0 Å². The van der Waals surface area contributed by atoms with Gasteiger partial charge in [-0.25, -0.2) is 4.79 Å². The van der Waals surface area contributed by atoms with Crippen LogP contribution in [0.1, 0.15) is 30.9 Å². The summed E-state index contributed by atoms with van der Waals surface area (Å²) in [7, 11) is 0. The Morgan fingerprint density at radius 2 is 2.00 bits per heavy atom. The number of carbonyl (C=O) groups excluding carboxylic acids is 1. The Hall–Kier alpha value is -1.71. The number of carbonyl (C=O) groups is 1. The number of nitrogen functional groups attached to an aromatic ring is 1. The van der Waals surface area contributed by atoms with Crippen LogP contribution in [0.15, 0.2) is 12.1 Å². The van der Waals surface area contributed by atoms with E-state index in [1.165, 1.54) is 0 Å². The zero-order valence-electron chi connectivity index (χ0n) is 10.8. The van der Waals surface area contributed by atoms with E-state index in [2.05, 4.69) is 17.6 Å². The highest BCUT2D eigenvalue weighted by Gasteiger charge is 2.05. The zero-order valence-corrected chi connectivity index (χ0v) is 10.8. The number of hydrogen-bond donors (Lipinski definition) is 3. The first-order chi connectivity index (χ1) is 8.04. The van der Waals surface area contributed by atoms with Crippen LogP contribution in [-0.4, -0.2) is 12.6 Å². The fraction of sp³-hybridized carbons (Fsp3) is 0.462. The van der Waals surface area contributed by atoms with E-state index in [0.29, 0.717) is 12.2 Å².